The minimum Gasteiger partial charge on any atom is -0.463 e. The fraction of sp³-hybridized carbons (Fsp3) is 0.636. The summed E-state index contributed by atoms with van der Waals surface area (Å²) in [5.74, 6) is 0.798. The number of hydrogen-bond acceptors (Lipinski definition) is 4. The predicted molar refractivity (Wildman–Crippen MR) is 60.1 cm³/mol. The van der Waals surface area contributed by atoms with E-state index in [1.807, 2.05) is 19.9 Å². The molecule has 0 spiro atoms. The van der Waals surface area contributed by atoms with Crippen molar-refractivity contribution in [1.82, 2.24) is 10.6 Å². The zero-order valence-electron chi connectivity index (χ0n) is 9.36. The maximum atomic E-state index is 9.25. The van der Waals surface area contributed by atoms with Gasteiger partial charge in [0, 0.05) is 0 Å². The van der Waals surface area contributed by atoms with Crippen LogP contribution in [0.2, 0.25) is 0 Å². The second kappa shape index (κ2) is 6.61. The highest BCUT2D eigenvalue weighted by Crippen LogP contribution is 2.12. The van der Waals surface area contributed by atoms with Crippen LogP contribution in [-0.2, 0) is 4.74 Å². The van der Waals surface area contributed by atoms with Crippen LogP contribution in [0.4, 0.5) is 0 Å². The van der Waals surface area contributed by atoms with Crippen molar-refractivity contribution in [2.24, 2.45) is 0 Å². The first-order chi connectivity index (χ1) is 7.26. The standard InChI is InChI=1S/C11H20N2O2/c1-3-12-11(13-4-2)15-10-7-5-9(14)6-8-10/h5,7-9,11-14H,3-4,6H2,1-2H3. The molecule has 1 rings (SSSR count). The molecule has 0 amide bonds. The molecule has 0 aromatic heterocycles. The second-order valence-electron chi connectivity index (χ2n) is 3.38. The molecular weight excluding hydrogens is 192 g/mol. The molecule has 0 aromatic carbocycles. The molecule has 1 atom stereocenters. The van der Waals surface area contributed by atoms with Gasteiger partial charge in [0.25, 0.3) is 0 Å². The maximum absolute atomic E-state index is 9.25. The molecule has 1 aliphatic rings. The Bertz CT molecular complexity index is 233. The summed E-state index contributed by atoms with van der Waals surface area (Å²) >= 11 is 0. The molecule has 15 heavy (non-hydrogen) atoms. The summed E-state index contributed by atoms with van der Waals surface area (Å²) in [7, 11) is 0. The lowest BCUT2D eigenvalue weighted by atomic mass is 10.1. The number of hydrogen-bond donors (Lipinski definition) is 3. The highest BCUT2D eigenvalue weighted by Gasteiger charge is 2.10. The summed E-state index contributed by atoms with van der Waals surface area (Å²) in [4.78, 5) is 0. The first-order valence-electron chi connectivity index (χ1n) is 5.46. The van der Waals surface area contributed by atoms with Crippen LogP contribution in [-0.4, -0.2) is 30.7 Å². The van der Waals surface area contributed by atoms with Crippen LogP contribution in [0.5, 0.6) is 0 Å². The van der Waals surface area contributed by atoms with E-state index in [4.69, 9.17) is 4.74 Å². The third kappa shape index (κ3) is 4.46. The Hall–Kier alpha value is -0.840. The number of allylic oxidation sites excluding steroid dienone is 1. The van der Waals surface area contributed by atoms with Crippen LogP contribution in [0, 0.1) is 0 Å². The summed E-state index contributed by atoms with van der Waals surface area (Å²) in [6.07, 6.45) is 5.53. The Morgan fingerprint density at radius 3 is 2.60 bits per heavy atom. The fourth-order valence-corrected chi connectivity index (χ4v) is 1.34. The van der Waals surface area contributed by atoms with Crippen molar-refractivity contribution in [3.05, 3.63) is 24.0 Å². The van der Waals surface area contributed by atoms with Gasteiger partial charge < -0.3 is 9.84 Å². The quantitative estimate of drug-likeness (QED) is 0.568. The normalized spacial score (nSPS) is 20.5. The van der Waals surface area contributed by atoms with Gasteiger partial charge in [-0.05, 0) is 31.7 Å². The molecule has 0 heterocycles. The lowest BCUT2D eigenvalue weighted by Gasteiger charge is -2.22. The van der Waals surface area contributed by atoms with Crippen molar-refractivity contribution in [2.45, 2.75) is 32.7 Å². The van der Waals surface area contributed by atoms with Gasteiger partial charge in [0.05, 0.1) is 6.10 Å². The molecule has 4 nitrogen and oxygen atoms in total. The molecule has 0 aromatic rings. The first kappa shape index (κ1) is 12.2. The largest absolute Gasteiger partial charge is 0.463 e. The van der Waals surface area contributed by atoms with E-state index in [0.717, 1.165) is 18.8 Å². The van der Waals surface area contributed by atoms with E-state index in [0.29, 0.717) is 6.42 Å². The van der Waals surface area contributed by atoms with Crippen LogP contribution in [0.3, 0.4) is 0 Å². The minimum atomic E-state index is -0.367. The van der Waals surface area contributed by atoms with E-state index in [-0.39, 0.29) is 12.5 Å². The van der Waals surface area contributed by atoms with E-state index >= 15 is 0 Å². The Balaban J connectivity index is 2.40. The number of rotatable bonds is 6. The van der Waals surface area contributed by atoms with Gasteiger partial charge in [0.1, 0.15) is 5.76 Å². The van der Waals surface area contributed by atoms with Gasteiger partial charge in [-0.1, -0.05) is 19.9 Å². The van der Waals surface area contributed by atoms with Gasteiger partial charge in [-0.3, -0.25) is 10.6 Å². The first-order valence-corrected chi connectivity index (χ1v) is 5.46. The molecule has 0 saturated heterocycles. The van der Waals surface area contributed by atoms with E-state index in [1.165, 1.54) is 0 Å². The zero-order valence-corrected chi connectivity index (χ0v) is 9.36. The number of ether oxygens (including phenoxy) is 1. The lowest BCUT2D eigenvalue weighted by molar-refractivity contribution is 0.0652. The van der Waals surface area contributed by atoms with E-state index in [9.17, 15) is 5.11 Å². The minimum absolute atomic E-state index is 0.161. The van der Waals surface area contributed by atoms with Gasteiger partial charge in [-0.25, -0.2) is 0 Å². The molecule has 1 unspecified atom stereocenters. The smallest absolute Gasteiger partial charge is 0.206 e. The van der Waals surface area contributed by atoms with Gasteiger partial charge >= 0.3 is 0 Å². The van der Waals surface area contributed by atoms with E-state index in [1.54, 1.807) is 12.2 Å². The molecule has 3 N–H and O–H groups in total. The molecule has 1 aliphatic carbocycles. The van der Waals surface area contributed by atoms with Crippen molar-refractivity contribution in [3.8, 4) is 0 Å². The Morgan fingerprint density at radius 2 is 2.13 bits per heavy atom. The number of aliphatic hydroxyl groups excluding tert-OH is 1. The number of nitrogens with one attached hydrogen (secondary N) is 2. The van der Waals surface area contributed by atoms with Crippen LogP contribution in [0.25, 0.3) is 0 Å². The molecule has 0 fully saturated rings. The average molecular weight is 212 g/mol. The third-order valence-corrected chi connectivity index (χ3v) is 2.08. The number of aliphatic hydroxyl groups is 1. The van der Waals surface area contributed by atoms with Crippen LogP contribution < -0.4 is 10.6 Å². The average Bonchev–Trinajstić information content (AvgIpc) is 2.22. The van der Waals surface area contributed by atoms with Crippen LogP contribution >= 0.6 is 0 Å². The maximum Gasteiger partial charge on any atom is 0.206 e. The van der Waals surface area contributed by atoms with Crippen molar-refractivity contribution >= 4 is 0 Å². The predicted octanol–water partition coefficient (Wildman–Crippen LogP) is 0.710. The van der Waals surface area contributed by atoms with Gasteiger partial charge in [0.15, 0.2) is 0 Å². The third-order valence-electron chi connectivity index (χ3n) is 2.08. The molecule has 0 saturated carbocycles. The van der Waals surface area contributed by atoms with Crippen molar-refractivity contribution in [2.75, 3.05) is 13.1 Å². The van der Waals surface area contributed by atoms with Crippen LogP contribution in [0.1, 0.15) is 20.3 Å². The van der Waals surface area contributed by atoms with E-state index < -0.39 is 0 Å². The second-order valence-corrected chi connectivity index (χ2v) is 3.38. The summed E-state index contributed by atoms with van der Waals surface area (Å²) in [6, 6.07) is 0. The van der Waals surface area contributed by atoms with Gasteiger partial charge in [-0.2, -0.15) is 0 Å². The van der Waals surface area contributed by atoms with Crippen molar-refractivity contribution in [3.63, 3.8) is 0 Å². The monoisotopic (exact) mass is 212 g/mol. The highest BCUT2D eigenvalue weighted by molar-refractivity contribution is 5.18. The summed E-state index contributed by atoms with van der Waals surface area (Å²) in [5, 5.41) is 15.6. The van der Waals surface area contributed by atoms with Gasteiger partial charge in [0.2, 0.25) is 6.35 Å². The van der Waals surface area contributed by atoms with E-state index in [2.05, 4.69) is 10.6 Å². The molecule has 4 heteroatoms. The van der Waals surface area contributed by atoms with Crippen molar-refractivity contribution in [1.29, 1.82) is 0 Å². The van der Waals surface area contributed by atoms with Crippen molar-refractivity contribution < 1.29 is 9.84 Å². The lowest BCUT2D eigenvalue weighted by Crippen LogP contribution is -2.44. The molecule has 0 bridgehead atoms. The summed E-state index contributed by atoms with van der Waals surface area (Å²) < 4.78 is 5.66. The van der Waals surface area contributed by atoms with Gasteiger partial charge in [-0.15, -0.1) is 0 Å². The Labute approximate surface area is 91.0 Å². The Kier molecular flexibility index (Phi) is 5.39. The molecule has 86 valence electrons. The zero-order chi connectivity index (χ0) is 11.1. The molecule has 0 aliphatic heterocycles. The molecular formula is C11H20N2O2. The highest BCUT2D eigenvalue weighted by atomic mass is 16.5. The Morgan fingerprint density at radius 1 is 1.47 bits per heavy atom. The summed E-state index contributed by atoms with van der Waals surface area (Å²) in [5.41, 5.74) is 0. The SMILES string of the molecule is CCNC(NCC)OC1=CCC(O)C=C1. The molecule has 0 radical (unpaired) electrons. The topological polar surface area (TPSA) is 53.5 Å². The summed E-state index contributed by atoms with van der Waals surface area (Å²) in [6.45, 7) is 5.75. The van der Waals surface area contributed by atoms with Crippen LogP contribution in [0.15, 0.2) is 24.0 Å². The fourth-order valence-electron chi connectivity index (χ4n) is 1.34.